The van der Waals surface area contributed by atoms with Crippen molar-refractivity contribution in [2.24, 2.45) is 0 Å². The Labute approximate surface area is 97.6 Å². The Morgan fingerprint density at radius 1 is 1.65 bits per heavy atom. The first-order valence-corrected chi connectivity index (χ1v) is 5.26. The molecule has 1 aliphatic heterocycles. The standard InChI is InChI=1S/C11H12N2O4/c14-10-2-1-7(13-10)6-17-9-5-12-4-3-8(9)11(15)16/h3-5,7H,1-2,6H2,(H,13,14)(H,15,16). The molecular formula is C11H12N2O4. The predicted molar refractivity (Wildman–Crippen MR) is 57.9 cm³/mol. The van der Waals surface area contributed by atoms with Crippen molar-refractivity contribution in [1.29, 1.82) is 0 Å². The minimum Gasteiger partial charge on any atom is -0.489 e. The highest BCUT2D eigenvalue weighted by atomic mass is 16.5. The number of pyridine rings is 1. The Kier molecular flexibility index (Phi) is 3.22. The van der Waals surface area contributed by atoms with Gasteiger partial charge in [0.1, 0.15) is 12.2 Å². The van der Waals surface area contributed by atoms with Crippen LogP contribution in [0.15, 0.2) is 18.5 Å². The van der Waals surface area contributed by atoms with Crippen LogP contribution in [0.4, 0.5) is 0 Å². The van der Waals surface area contributed by atoms with Gasteiger partial charge in [-0.2, -0.15) is 0 Å². The molecule has 1 fully saturated rings. The Balaban J connectivity index is 1.99. The van der Waals surface area contributed by atoms with Gasteiger partial charge in [0.05, 0.1) is 12.2 Å². The van der Waals surface area contributed by atoms with E-state index in [0.29, 0.717) is 12.8 Å². The van der Waals surface area contributed by atoms with Gasteiger partial charge >= 0.3 is 5.97 Å². The van der Waals surface area contributed by atoms with Gasteiger partial charge in [-0.15, -0.1) is 0 Å². The molecule has 0 radical (unpaired) electrons. The number of aromatic nitrogens is 1. The second kappa shape index (κ2) is 4.82. The number of ether oxygens (including phenoxy) is 1. The first-order chi connectivity index (χ1) is 8.16. The fourth-order valence-corrected chi connectivity index (χ4v) is 1.66. The van der Waals surface area contributed by atoms with Gasteiger partial charge in [-0.3, -0.25) is 9.78 Å². The van der Waals surface area contributed by atoms with Gasteiger partial charge in [-0.1, -0.05) is 0 Å². The van der Waals surface area contributed by atoms with Crippen LogP contribution in [-0.4, -0.2) is 34.6 Å². The van der Waals surface area contributed by atoms with Crippen LogP contribution in [0.25, 0.3) is 0 Å². The third kappa shape index (κ3) is 2.72. The Hall–Kier alpha value is -2.11. The maximum absolute atomic E-state index is 11.0. The third-order valence-corrected chi connectivity index (χ3v) is 2.54. The van der Waals surface area contributed by atoms with Crippen molar-refractivity contribution < 1.29 is 19.4 Å². The van der Waals surface area contributed by atoms with Crippen LogP contribution >= 0.6 is 0 Å². The summed E-state index contributed by atoms with van der Waals surface area (Å²) in [6.45, 7) is 0.262. The Morgan fingerprint density at radius 2 is 2.47 bits per heavy atom. The lowest BCUT2D eigenvalue weighted by Crippen LogP contribution is -2.31. The second-order valence-corrected chi connectivity index (χ2v) is 3.79. The molecule has 6 heteroatoms. The number of amides is 1. The van der Waals surface area contributed by atoms with Crippen LogP contribution in [0.3, 0.4) is 0 Å². The van der Waals surface area contributed by atoms with Crippen LogP contribution in [0.5, 0.6) is 5.75 Å². The topological polar surface area (TPSA) is 88.5 Å². The van der Waals surface area contributed by atoms with Gasteiger partial charge < -0.3 is 15.2 Å². The number of carbonyl (C=O) groups excluding carboxylic acids is 1. The highest BCUT2D eigenvalue weighted by Gasteiger charge is 2.22. The van der Waals surface area contributed by atoms with Crippen LogP contribution in [-0.2, 0) is 4.79 Å². The van der Waals surface area contributed by atoms with Crippen LogP contribution in [0, 0.1) is 0 Å². The summed E-state index contributed by atoms with van der Waals surface area (Å²) in [6, 6.07) is 1.33. The van der Waals surface area contributed by atoms with Crippen molar-refractivity contribution in [3.05, 3.63) is 24.0 Å². The molecule has 1 aliphatic rings. The van der Waals surface area contributed by atoms with Crippen LogP contribution in [0.2, 0.25) is 0 Å². The number of rotatable bonds is 4. The molecule has 2 rings (SSSR count). The third-order valence-electron chi connectivity index (χ3n) is 2.54. The first kappa shape index (κ1) is 11.4. The lowest BCUT2D eigenvalue weighted by molar-refractivity contribution is -0.119. The summed E-state index contributed by atoms with van der Waals surface area (Å²) in [6.07, 6.45) is 3.96. The van der Waals surface area contributed by atoms with E-state index in [0.717, 1.165) is 0 Å². The number of aromatic carboxylic acids is 1. The normalized spacial score (nSPS) is 18.8. The number of carboxylic acids is 1. The molecule has 17 heavy (non-hydrogen) atoms. The number of carbonyl (C=O) groups is 2. The molecule has 1 amide bonds. The minimum absolute atomic E-state index is 0.00300. The van der Waals surface area contributed by atoms with E-state index in [9.17, 15) is 9.59 Å². The molecule has 90 valence electrons. The molecule has 1 saturated heterocycles. The average Bonchev–Trinajstić information content (AvgIpc) is 2.73. The molecule has 0 aromatic carbocycles. The van der Waals surface area contributed by atoms with E-state index in [4.69, 9.17) is 9.84 Å². The molecule has 0 saturated carbocycles. The van der Waals surface area contributed by atoms with E-state index in [2.05, 4.69) is 10.3 Å². The zero-order valence-corrected chi connectivity index (χ0v) is 9.05. The fourth-order valence-electron chi connectivity index (χ4n) is 1.66. The summed E-state index contributed by atoms with van der Waals surface area (Å²) in [5, 5.41) is 11.7. The Bertz CT molecular complexity index is 447. The second-order valence-electron chi connectivity index (χ2n) is 3.79. The van der Waals surface area contributed by atoms with Crippen LogP contribution in [0.1, 0.15) is 23.2 Å². The fraction of sp³-hybridized carbons (Fsp3) is 0.364. The van der Waals surface area contributed by atoms with Gasteiger partial charge in [0, 0.05) is 12.6 Å². The van der Waals surface area contributed by atoms with Gasteiger partial charge in [0.25, 0.3) is 0 Å². The highest BCUT2D eigenvalue weighted by Crippen LogP contribution is 2.17. The van der Waals surface area contributed by atoms with Crippen LogP contribution < -0.4 is 10.1 Å². The number of carboxylic acid groups (broad SMARTS) is 1. The predicted octanol–water partition coefficient (Wildman–Crippen LogP) is 0.437. The maximum Gasteiger partial charge on any atom is 0.339 e. The molecule has 0 aliphatic carbocycles. The van der Waals surface area contributed by atoms with E-state index in [1.807, 2.05) is 0 Å². The van der Waals surface area contributed by atoms with Gasteiger partial charge in [-0.25, -0.2) is 4.79 Å². The van der Waals surface area contributed by atoms with Crippen molar-refractivity contribution in [3.8, 4) is 5.75 Å². The van der Waals surface area contributed by atoms with Crippen molar-refractivity contribution in [2.75, 3.05) is 6.61 Å². The molecule has 1 atom stereocenters. The number of hydrogen-bond acceptors (Lipinski definition) is 4. The summed E-state index contributed by atoms with van der Waals surface area (Å²) in [5.41, 5.74) is 0.0734. The summed E-state index contributed by atoms with van der Waals surface area (Å²) < 4.78 is 5.37. The lowest BCUT2D eigenvalue weighted by atomic mass is 10.2. The first-order valence-electron chi connectivity index (χ1n) is 5.26. The zero-order valence-electron chi connectivity index (χ0n) is 9.05. The molecule has 2 heterocycles. The van der Waals surface area contributed by atoms with Crippen molar-refractivity contribution >= 4 is 11.9 Å². The van der Waals surface area contributed by atoms with Gasteiger partial charge in [0.2, 0.25) is 5.91 Å². The SMILES string of the molecule is O=C1CCC(COc2cnccc2C(=O)O)N1. The summed E-state index contributed by atoms with van der Waals surface area (Å²) in [7, 11) is 0. The van der Waals surface area contributed by atoms with Crippen molar-refractivity contribution in [3.63, 3.8) is 0 Å². The van der Waals surface area contributed by atoms with E-state index in [-0.39, 0.29) is 29.9 Å². The molecule has 1 unspecified atom stereocenters. The zero-order chi connectivity index (χ0) is 12.3. The molecule has 0 bridgehead atoms. The molecule has 1 aromatic heterocycles. The van der Waals surface area contributed by atoms with Gasteiger partial charge in [-0.05, 0) is 12.5 Å². The van der Waals surface area contributed by atoms with Crippen molar-refractivity contribution in [1.82, 2.24) is 10.3 Å². The maximum atomic E-state index is 11.0. The van der Waals surface area contributed by atoms with E-state index >= 15 is 0 Å². The smallest absolute Gasteiger partial charge is 0.339 e. The quantitative estimate of drug-likeness (QED) is 0.791. The summed E-state index contributed by atoms with van der Waals surface area (Å²) in [5.74, 6) is -0.831. The van der Waals surface area contributed by atoms with E-state index < -0.39 is 5.97 Å². The Morgan fingerprint density at radius 3 is 3.12 bits per heavy atom. The van der Waals surface area contributed by atoms with Crippen molar-refractivity contribution in [2.45, 2.75) is 18.9 Å². The van der Waals surface area contributed by atoms with Gasteiger partial charge in [0.15, 0.2) is 5.75 Å². The lowest BCUT2D eigenvalue weighted by Gasteiger charge is -2.12. The molecule has 6 nitrogen and oxygen atoms in total. The molecule has 0 spiro atoms. The molecule has 2 N–H and O–H groups in total. The molecule has 1 aromatic rings. The number of hydrogen-bond donors (Lipinski definition) is 2. The summed E-state index contributed by atoms with van der Waals surface area (Å²) in [4.78, 5) is 25.7. The summed E-state index contributed by atoms with van der Waals surface area (Å²) >= 11 is 0. The minimum atomic E-state index is -1.06. The number of nitrogens with one attached hydrogen (secondary N) is 1. The van der Waals surface area contributed by atoms with E-state index in [1.165, 1.54) is 18.5 Å². The highest BCUT2D eigenvalue weighted by molar-refractivity contribution is 5.90. The molecular weight excluding hydrogens is 224 g/mol. The number of nitrogens with zero attached hydrogens (tertiary/aromatic N) is 1. The van der Waals surface area contributed by atoms with E-state index in [1.54, 1.807) is 0 Å². The largest absolute Gasteiger partial charge is 0.489 e. The average molecular weight is 236 g/mol. The monoisotopic (exact) mass is 236 g/mol.